The largest absolute Gasteiger partial charge is 0.401 e. The fraction of sp³-hybridized carbons (Fsp3) is 0.136. The second kappa shape index (κ2) is 13.9. The van der Waals surface area contributed by atoms with Crippen LogP contribution >= 0.6 is 12.6 Å². The number of nitrogens with two attached hydrogens (primary N) is 1. The number of fused-ring (bicyclic) bond motifs is 1. The summed E-state index contributed by atoms with van der Waals surface area (Å²) in [5, 5.41) is 9.43. The molecular weight excluding hydrogens is 382 g/mol. The summed E-state index contributed by atoms with van der Waals surface area (Å²) in [6.07, 6.45) is 9.29. The van der Waals surface area contributed by atoms with Gasteiger partial charge in [0.05, 0.1) is 0 Å². The zero-order valence-corrected chi connectivity index (χ0v) is 17.6. The minimum atomic E-state index is -0.330. The number of nitrogens with one attached hydrogen (secondary N) is 1. The van der Waals surface area contributed by atoms with Gasteiger partial charge in [0.1, 0.15) is 6.33 Å². The fourth-order valence-electron chi connectivity index (χ4n) is 2.23. The van der Waals surface area contributed by atoms with E-state index in [4.69, 9.17) is 5.73 Å². The van der Waals surface area contributed by atoms with Gasteiger partial charge in [-0.1, -0.05) is 67.3 Å². The monoisotopic (exact) mass is 409 g/mol. The number of allylic oxidation sites excluding steroid dienone is 3. The van der Waals surface area contributed by atoms with E-state index in [-0.39, 0.29) is 5.91 Å². The average molecular weight is 410 g/mol. The number of likely N-dealkylation sites (N-methyl/N-ethyl adjacent to an activating group) is 1. The topological polar surface area (TPSA) is 85.8 Å². The molecule has 0 spiro atoms. The second-order valence-electron chi connectivity index (χ2n) is 5.58. The molecule has 0 fully saturated rings. The van der Waals surface area contributed by atoms with Gasteiger partial charge in [0.2, 0.25) is 0 Å². The van der Waals surface area contributed by atoms with Crippen LogP contribution in [0.4, 0.5) is 0 Å². The highest BCUT2D eigenvalue weighted by atomic mass is 32.1. The molecule has 0 atom stereocenters. The molecule has 2 aromatic carbocycles. The van der Waals surface area contributed by atoms with Crippen molar-refractivity contribution in [1.82, 2.24) is 20.1 Å². The Balaban J connectivity index is 0.000000295. The van der Waals surface area contributed by atoms with Gasteiger partial charge >= 0.3 is 0 Å². The van der Waals surface area contributed by atoms with Gasteiger partial charge < -0.3 is 11.1 Å². The highest BCUT2D eigenvalue weighted by Gasteiger charge is 2.04. The predicted octanol–water partition coefficient (Wildman–Crippen LogP) is 3.57. The number of aromatic nitrogens is 3. The van der Waals surface area contributed by atoms with E-state index in [1.807, 2.05) is 0 Å². The average Bonchev–Trinajstić information content (AvgIpc) is 3.24. The second-order valence-corrected chi connectivity index (χ2v) is 5.58. The number of carbonyl (C=O) groups is 1. The Hall–Kier alpha value is -3.16. The normalized spacial score (nSPS) is 10.7. The summed E-state index contributed by atoms with van der Waals surface area (Å²) in [7, 11) is 1.75. The zero-order chi connectivity index (χ0) is 21.5. The first-order valence-corrected chi connectivity index (χ1v) is 9.77. The molecule has 3 N–H and O–H groups in total. The number of hydrogen-bond donors (Lipinski definition) is 3. The molecule has 3 rings (SSSR count). The van der Waals surface area contributed by atoms with Gasteiger partial charge in [-0.3, -0.25) is 4.79 Å². The maximum absolute atomic E-state index is 11.6. The lowest BCUT2D eigenvalue weighted by Gasteiger charge is -1.98. The lowest BCUT2D eigenvalue weighted by atomic mass is 10.1. The van der Waals surface area contributed by atoms with Gasteiger partial charge in [-0.05, 0) is 30.2 Å². The van der Waals surface area contributed by atoms with Crippen molar-refractivity contribution in [3.05, 3.63) is 91.2 Å². The molecule has 29 heavy (non-hydrogen) atoms. The number of nitrogens with zero attached hydrogens (tertiary/aromatic N) is 3. The van der Waals surface area contributed by atoms with Crippen LogP contribution in [0.15, 0.2) is 85.4 Å². The van der Waals surface area contributed by atoms with Crippen molar-refractivity contribution in [3.63, 3.8) is 0 Å². The SMILES string of the molecule is C=C/C=C/c1ncn(C(=O)/C=C(\N)CNC)n1.CS.c1ccc2ccccc2c1. The molecule has 0 bridgehead atoms. The molecule has 0 saturated carbocycles. The van der Waals surface area contributed by atoms with Crippen molar-refractivity contribution in [3.8, 4) is 0 Å². The standard InChI is InChI=1S/C11H15N5O.C10H8.CH4S/c1-3-4-5-10-14-8-16(15-10)11(17)6-9(12)7-13-2;1-2-6-10-8-4-3-7-9(10)5-1;1-2/h3-6,8,13H,1,7,12H2,2H3;1-8H;2H,1H3/b5-4+,9-6-;;. The van der Waals surface area contributed by atoms with Crippen molar-refractivity contribution < 1.29 is 4.79 Å². The van der Waals surface area contributed by atoms with Crippen LogP contribution in [0.3, 0.4) is 0 Å². The minimum Gasteiger partial charge on any atom is -0.401 e. The number of carbonyl (C=O) groups excluding carboxylic acids is 1. The molecule has 0 aliphatic rings. The van der Waals surface area contributed by atoms with Gasteiger partial charge in [-0.2, -0.15) is 17.3 Å². The number of hydrogen-bond acceptors (Lipinski definition) is 6. The van der Waals surface area contributed by atoms with E-state index in [2.05, 4.69) is 83.1 Å². The van der Waals surface area contributed by atoms with Crippen LogP contribution in [-0.4, -0.2) is 40.5 Å². The zero-order valence-electron chi connectivity index (χ0n) is 16.7. The van der Waals surface area contributed by atoms with Crippen molar-refractivity contribution in [1.29, 1.82) is 0 Å². The van der Waals surface area contributed by atoms with Crippen LogP contribution in [0.2, 0.25) is 0 Å². The third-order valence-electron chi connectivity index (χ3n) is 3.47. The fourth-order valence-corrected chi connectivity index (χ4v) is 2.23. The third kappa shape index (κ3) is 8.59. The van der Waals surface area contributed by atoms with Gasteiger partial charge in [0.25, 0.3) is 5.91 Å². The number of thiol groups is 1. The smallest absolute Gasteiger partial charge is 0.274 e. The summed E-state index contributed by atoms with van der Waals surface area (Å²) in [4.78, 5) is 15.6. The molecule has 0 saturated heterocycles. The van der Waals surface area contributed by atoms with Crippen LogP contribution < -0.4 is 11.1 Å². The quantitative estimate of drug-likeness (QED) is 0.341. The van der Waals surface area contributed by atoms with E-state index in [0.29, 0.717) is 18.1 Å². The van der Waals surface area contributed by atoms with Crippen molar-refractivity contribution in [2.75, 3.05) is 19.8 Å². The number of rotatable bonds is 5. The van der Waals surface area contributed by atoms with Gasteiger partial charge in [0, 0.05) is 18.3 Å². The molecule has 0 amide bonds. The molecule has 0 aliphatic heterocycles. The lowest BCUT2D eigenvalue weighted by molar-refractivity contribution is 0.0952. The molecule has 1 heterocycles. The Kier molecular flexibility index (Phi) is 11.5. The Morgan fingerprint density at radius 3 is 2.21 bits per heavy atom. The molecule has 0 radical (unpaired) electrons. The lowest BCUT2D eigenvalue weighted by Crippen LogP contribution is -2.19. The molecule has 0 unspecified atom stereocenters. The Labute approximate surface area is 177 Å². The van der Waals surface area contributed by atoms with E-state index in [1.54, 1.807) is 31.5 Å². The summed E-state index contributed by atoms with van der Waals surface area (Å²) in [6.45, 7) is 3.98. The van der Waals surface area contributed by atoms with E-state index >= 15 is 0 Å². The first-order valence-electron chi connectivity index (χ1n) is 8.88. The summed E-state index contributed by atoms with van der Waals surface area (Å²) >= 11 is 3.53. The summed E-state index contributed by atoms with van der Waals surface area (Å²) in [5.41, 5.74) is 6.04. The summed E-state index contributed by atoms with van der Waals surface area (Å²) in [6, 6.07) is 16.7. The van der Waals surface area contributed by atoms with Crippen LogP contribution in [-0.2, 0) is 0 Å². The van der Waals surface area contributed by atoms with Crippen LogP contribution in [0.1, 0.15) is 10.6 Å². The predicted molar refractivity (Wildman–Crippen MR) is 125 cm³/mol. The molecule has 0 aliphatic carbocycles. The van der Waals surface area contributed by atoms with Crippen LogP contribution in [0.5, 0.6) is 0 Å². The van der Waals surface area contributed by atoms with Gasteiger partial charge in [-0.25, -0.2) is 4.98 Å². The van der Waals surface area contributed by atoms with Crippen LogP contribution in [0.25, 0.3) is 16.8 Å². The van der Waals surface area contributed by atoms with E-state index in [9.17, 15) is 4.79 Å². The minimum absolute atomic E-state index is 0.330. The molecule has 7 heteroatoms. The third-order valence-corrected chi connectivity index (χ3v) is 3.47. The highest BCUT2D eigenvalue weighted by Crippen LogP contribution is 2.11. The van der Waals surface area contributed by atoms with Crippen molar-refractivity contribution >= 4 is 35.4 Å². The van der Waals surface area contributed by atoms with Crippen LogP contribution in [0, 0.1) is 0 Å². The van der Waals surface area contributed by atoms with E-state index < -0.39 is 0 Å². The van der Waals surface area contributed by atoms with E-state index in [1.165, 1.54) is 23.2 Å². The van der Waals surface area contributed by atoms with E-state index in [0.717, 1.165) is 4.68 Å². The Morgan fingerprint density at radius 2 is 1.72 bits per heavy atom. The summed E-state index contributed by atoms with van der Waals surface area (Å²) in [5.74, 6) is 0.113. The Morgan fingerprint density at radius 1 is 1.17 bits per heavy atom. The number of benzene rings is 2. The first-order chi connectivity index (χ1) is 14.1. The molecule has 3 aromatic rings. The maximum atomic E-state index is 11.6. The van der Waals surface area contributed by atoms with Crippen molar-refractivity contribution in [2.45, 2.75) is 0 Å². The van der Waals surface area contributed by atoms with Crippen molar-refractivity contribution in [2.24, 2.45) is 5.73 Å². The van der Waals surface area contributed by atoms with Gasteiger partial charge in [0.15, 0.2) is 5.82 Å². The van der Waals surface area contributed by atoms with Gasteiger partial charge in [-0.15, -0.1) is 5.10 Å². The molecular formula is C22H27N5OS. The highest BCUT2D eigenvalue weighted by molar-refractivity contribution is 7.79. The Bertz CT molecular complexity index is 897. The summed E-state index contributed by atoms with van der Waals surface area (Å²) < 4.78 is 1.13. The molecule has 1 aromatic heterocycles. The maximum Gasteiger partial charge on any atom is 0.274 e. The first kappa shape index (κ1) is 23.9. The molecule has 6 nitrogen and oxygen atoms in total. The molecule has 152 valence electrons.